The van der Waals surface area contributed by atoms with Gasteiger partial charge in [0.25, 0.3) is 0 Å². The SMILES string of the molecule is Cc1cc(C)c2c(c1)OCCC2.O=C(O)c1cc(O)c(O)c(O)c1.Oc1cccc(O)c1O. The van der Waals surface area contributed by atoms with E-state index in [9.17, 15) is 4.79 Å². The van der Waals surface area contributed by atoms with Crippen molar-refractivity contribution in [2.75, 3.05) is 6.61 Å². The number of hydrogen-bond acceptors (Lipinski definition) is 8. The van der Waals surface area contributed by atoms with Gasteiger partial charge in [0.05, 0.1) is 12.2 Å². The summed E-state index contributed by atoms with van der Waals surface area (Å²) < 4.78 is 5.59. The first-order valence-electron chi connectivity index (χ1n) is 9.92. The second kappa shape index (κ2) is 10.9. The van der Waals surface area contributed by atoms with Crippen LogP contribution in [0.2, 0.25) is 0 Å². The minimum Gasteiger partial charge on any atom is -0.504 e. The fraction of sp³-hybridized carbons (Fsp3) is 0.208. The third-order valence-electron chi connectivity index (χ3n) is 4.72. The summed E-state index contributed by atoms with van der Waals surface area (Å²) in [4.78, 5) is 10.3. The number of benzene rings is 3. The number of rotatable bonds is 1. The number of carboxylic acid groups (broad SMARTS) is 1. The van der Waals surface area contributed by atoms with Crippen LogP contribution in [0.1, 0.15) is 33.5 Å². The van der Waals surface area contributed by atoms with Crippen molar-refractivity contribution >= 4 is 5.97 Å². The zero-order valence-electron chi connectivity index (χ0n) is 18.1. The van der Waals surface area contributed by atoms with Crippen LogP contribution in [0.5, 0.6) is 40.2 Å². The van der Waals surface area contributed by atoms with Crippen molar-refractivity contribution < 1.29 is 45.3 Å². The molecule has 0 amide bonds. The summed E-state index contributed by atoms with van der Waals surface area (Å²) in [5.74, 6) is -3.32. The number of phenolic OH excluding ortho intramolecular Hbond substituents is 6. The average Bonchev–Trinajstić information content (AvgIpc) is 2.76. The number of aromatic carboxylic acids is 1. The van der Waals surface area contributed by atoms with Gasteiger partial charge in [0.15, 0.2) is 34.5 Å². The normalized spacial score (nSPS) is 11.6. The molecule has 1 aliphatic rings. The third kappa shape index (κ3) is 6.60. The monoisotopic (exact) mass is 458 g/mol. The fourth-order valence-corrected chi connectivity index (χ4v) is 3.09. The van der Waals surface area contributed by atoms with Crippen LogP contribution in [-0.2, 0) is 6.42 Å². The van der Waals surface area contributed by atoms with E-state index in [0.717, 1.165) is 30.9 Å². The first kappa shape index (κ1) is 25.0. The van der Waals surface area contributed by atoms with Gasteiger partial charge in [0.2, 0.25) is 0 Å². The molecule has 0 spiro atoms. The molecule has 33 heavy (non-hydrogen) atoms. The minimum absolute atomic E-state index is 0.289. The molecule has 4 rings (SSSR count). The lowest BCUT2D eigenvalue weighted by atomic mass is 9.99. The predicted molar refractivity (Wildman–Crippen MR) is 120 cm³/mol. The summed E-state index contributed by atoms with van der Waals surface area (Å²) in [5.41, 5.74) is 3.80. The van der Waals surface area contributed by atoms with E-state index < -0.39 is 29.0 Å². The Morgan fingerprint density at radius 3 is 1.88 bits per heavy atom. The van der Waals surface area contributed by atoms with E-state index in [1.165, 1.54) is 41.3 Å². The Labute approximate surface area is 190 Å². The van der Waals surface area contributed by atoms with E-state index in [0.29, 0.717) is 0 Å². The highest BCUT2D eigenvalue weighted by atomic mass is 16.5. The topological polar surface area (TPSA) is 168 Å². The molecule has 1 aliphatic heterocycles. The van der Waals surface area contributed by atoms with E-state index in [-0.39, 0.29) is 17.1 Å². The van der Waals surface area contributed by atoms with Gasteiger partial charge in [0.1, 0.15) is 5.75 Å². The molecule has 0 radical (unpaired) electrons. The van der Waals surface area contributed by atoms with Crippen LogP contribution in [0.4, 0.5) is 0 Å². The molecular weight excluding hydrogens is 432 g/mol. The first-order chi connectivity index (χ1) is 15.5. The van der Waals surface area contributed by atoms with Gasteiger partial charge in [-0.05, 0) is 73.7 Å². The number of fused-ring (bicyclic) bond motifs is 1. The van der Waals surface area contributed by atoms with E-state index in [1.807, 2.05) is 0 Å². The molecule has 3 aromatic rings. The molecule has 176 valence electrons. The molecule has 0 saturated heterocycles. The maximum Gasteiger partial charge on any atom is 0.335 e. The van der Waals surface area contributed by atoms with E-state index in [2.05, 4.69) is 26.0 Å². The Balaban J connectivity index is 0.000000177. The van der Waals surface area contributed by atoms with Gasteiger partial charge in [-0.15, -0.1) is 0 Å². The quantitative estimate of drug-likeness (QED) is 0.267. The van der Waals surface area contributed by atoms with Crippen molar-refractivity contribution in [3.63, 3.8) is 0 Å². The summed E-state index contributed by atoms with van der Waals surface area (Å²) in [6.45, 7) is 5.17. The van der Waals surface area contributed by atoms with Crippen LogP contribution in [-0.4, -0.2) is 48.3 Å². The summed E-state index contributed by atoms with van der Waals surface area (Å²) in [6, 6.07) is 10.1. The summed E-state index contributed by atoms with van der Waals surface area (Å²) in [6.07, 6.45) is 2.35. The Kier molecular flexibility index (Phi) is 8.22. The largest absolute Gasteiger partial charge is 0.504 e. The molecule has 7 N–H and O–H groups in total. The van der Waals surface area contributed by atoms with Crippen LogP contribution >= 0.6 is 0 Å². The predicted octanol–water partition coefficient (Wildman–Crippen LogP) is 3.93. The summed E-state index contributed by atoms with van der Waals surface area (Å²) >= 11 is 0. The molecule has 9 nitrogen and oxygen atoms in total. The molecule has 0 aliphatic carbocycles. The van der Waals surface area contributed by atoms with E-state index in [1.54, 1.807) is 0 Å². The van der Waals surface area contributed by atoms with Crippen molar-refractivity contribution in [2.45, 2.75) is 26.7 Å². The molecule has 1 heterocycles. The van der Waals surface area contributed by atoms with Gasteiger partial charge in [-0.3, -0.25) is 0 Å². The van der Waals surface area contributed by atoms with E-state index in [4.69, 9.17) is 40.5 Å². The zero-order chi connectivity index (χ0) is 24.7. The Bertz CT molecular complexity index is 1100. The lowest BCUT2D eigenvalue weighted by Gasteiger charge is -2.19. The molecule has 0 bridgehead atoms. The maximum absolute atomic E-state index is 10.3. The van der Waals surface area contributed by atoms with Gasteiger partial charge >= 0.3 is 5.97 Å². The third-order valence-corrected chi connectivity index (χ3v) is 4.72. The van der Waals surface area contributed by atoms with Crippen molar-refractivity contribution in [3.05, 3.63) is 64.7 Å². The lowest BCUT2D eigenvalue weighted by Crippen LogP contribution is -2.09. The van der Waals surface area contributed by atoms with E-state index >= 15 is 0 Å². The number of carbonyl (C=O) groups is 1. The van der Waals surface area contributed by atoms with Crippen molar-refractivity contribution in [1.82, 2.24) is 0 Å². The van der Waals surface area contributed by atoms with Crippen LogP contribution in [0, 0.1) is 13.8 Å². The number of aryl methyl sites for hydroxylation is 2. The summed E-state index contributed by atoms with van der Waals surface area (Å²) in [7, 11) is 0. The maximum atomic E-state index is 10.3. The Morgan fingerprint density at radius 1 is 0.818 bits per heavy atom. The number of aromatic hydroxyl groups is 6. The number of ether oxygens (including phenoxy) is 1. The number of phenols is 6. The molecule has 0 saturated carbocycles. The van der Waals surface area contributed by atoms with Gasteiger partial charge in [-0.1, -0.05) is 12.1 Å². The number of hydrogen-bond donors (Lipinski definition) is 7. The Hall–Kier alpha value is -4.27. The molecule has 0 atom stereocenters. The minimum atomic E-state index is -1.29. The highest BCUT2D eigenvalue weighted by Gasteiger charge is 2.13. The average molecular weight is 458 g/mol. The highest BCUT2D eigenvalue weighted by Crippen LogP contribution is 2.35. The molecule has 9 heteroatoms. The highest BCUT2D eigenvalue weighted by molar-refractivity contribution is 5.89. The van der Waals surface area contributed by atoms with Gasteiger partial charge in [0, 0.05) is 0 Å². The second-order valence-corrected chi connectivity index (χ2v) is 7.32. The molecule has 0 aromatic heterocycles. The van der Waals surface area contributed by atoms with Crippen molar-refractivity contribution in [1.29, 1.82) is 0 Å². The second-order valence-electron chi connectivity index (χ2n) is 7.32. The van der Waals surface area contributed by atoms with Gasteiger partial charge < -0.3 is 40.5 Å². The smallest absolute Gasteiger partial charge is 0.335 e. The molecular formula is C24H26O9. The van der Waals surface area contributed by atoms with Crippen molar-refractivity contribution in [3.8, 4) is 40.2 Å². The van der Waals surface area contributed by atoms with Crippen LogP contribution < -0.4 is 4.74 Å². The van der Waals surface area contributed by atoms with Crippen LogP contribution in [0.3, 0.4) is 0 Å². The van der Waals surface area contributed by atoms with Crippen LogP contribution in [0.25, 0.3) is 0 Å². The zero-order valence-corrected chi connectivity index (χ0v) is 18.1. The number of para-hydroxylation sites is 1. The summed E-state index contributed by atoms with van der Waals surface area (Å²) in [5, 5.41) is 61.0. The van der Waals surface area contributed by atoms with Crippen LogP contribution in [0.15, 0.2) is 42.5 Å². The van der Waals surface area contributed by atoms with Crippen molar-refractivity contribution in [2.24, 2.45) is 0 Å². The lowest BCUT2D eigenvalue weighted by molar-refractivity contribution is 0.0696. The van der Waals surface area contributed by atoms with Gasteiger partial charge in [-0.25, -0.2) is 4.79 Å². The molecule has 0 unspecified atom stereocenters. The fourth-order valence-electron chi connectivity index (χ4n) is 3.09. The molecule has 3 aromatic carbocycles. The Morgan fingerprint density at radius 2 is 1.36 bits per heavy atom. The number of carboxylic acids is 1. The van der Waals surface area contributed by atoms with Gasteiger partial charge in [-0.2, -0.15) is 0 Å². The molecule has 0 fully saturated rings. The standard InChI is InChI=1S/C11H14O.C7H6O5.C6H6O3/c1-8-6-9(2)10-4-3-5-12-11(10)7-8;8-4-1-3(7(11)12)2-5(9)6(4)10;7-4-2-1-3-5(8)6(4)9/h6-7H,3-5H2,1-2H3;1-2,8-10H,(H,11,12);1-3,7-9H. The first-order valence-corrected chi connectivity index (χ1v) is 9.92.